The fraction of sp³-hybridized carbons (Fsp3) is 0.172. The highest BCUT2D eigenvalue weighted by Gasteiger charge is 2.35. The van der Waals surface area contributed by atoms with Crippen molar-refractivity contribution in [1.29, 1.82) is 0 Å². The Morgan fingerprint density at radius 3 is 1.85 bits per heavy atom. The molecule has 0 saturated carbocycles. The van der Waals surface area contributed by atoms with Gasteiger partial charge in [-0.1, -0.05) is 164 Å². The highest BCUT2D eigenvalue weighted by molar-refractivity contribution is 5.98. The first-order valence-corrected chi connectivity index (χ1v) is 21.5. The van der Waals surface area contributed by atoms with Crippen molar-refractivity contribution < 1.29 is 6.48 Å². The number of benzene rings is 7. The van der Waals surface area contributed by atoms with Gasteiger partial charge in [0.15, 0.2) is 0 Å². The second kappa shape index (κ2) is 16.1. The van der Waals surface area contributed by atoms with Crippen molar-refractivity contribution in [3.63, 3.8) is 0 Å². The Kier molecular flexibility index (Phi) is 10.2. The number of phenolic OH excluding ortho intramolecular Hbond substituents is 1. The van der Waals surface area contributed by atoms with Crippen molar-refractivity contribution in [3.8, 4) is 78.6 Å². The van der Waals surface area contributed by atoms with Crippen LogP contribution in [-0.2, 0) is 5.41 Å². The van der Waals surface area contributed by atoms with Crippen LogP contribution < -0.4 is 0 Å². The summed E-state index contributed by atoms with van der Waals surface area (Å²) in [5, 5.41) is 11.5. The smallest absolute Gasteiger partial charge is 0.149 e. The molecular formula is C58H53N3O. The molecule has 0 aliphatic carbocycles. The maximum Gasteiger partial charge on any atom is 0.149 e. The Morgan fingerprint density at radius 1 is 0.532 bits per heavy atom. The first-order chi connectivity index (χ1) is 30.2. The molecule has 0 fully saturated rings. The number of aromatic nitrogens is 3. The van der Waals surface area contributed by atoms with Crippen LogP contribution >= 0.6 is 0 Å². The molecule has 9 aromatic rings. The van der Waals surface area contributed by atoms with E-state index >= 15 is 0 Å². The second-order valence-corrected chi connectivity index (χ2v) is 18.1. The average Bonchev–Trinajstić information content (AvgIpc) is 3.68. The molecule has 7 aromatic carbocycles. The summed E-state index contributed by atoms with van der Waals surface area (Å²) < 4.78 is 10.7. The zero-order chi connectivity index (χ0) is 44.1. The fourth-order valence-corrected chi connectivity index (χ4v) is 8.31. The highest BCUT2D eigenvalue weighted by Crippen LogP contribution is 2.45. The predicted molar refractivity (Wildman–Crippen MR) is 260 cm³/mol. The van der Waals surface area contributed by atoms with Gasteiger partial charge in [-0.05, 0) is 122 Å². The van der Waals surface area contributed by atoms with E-state index < -0.39 is 5.89 Å². The molecule has 306 valence electrons. The van der Waals surface area contributed by atoms with Crippen LogP contribution in [0, 0.1) is 5.41 Å². The SMILES string of the molecule is [2H]C(C)(C)c1ccc(-c2ccnc(-c3cc(-c4ccccc4)cc(-c4cccc5c4nc(-c4ccccc4O)n5-c4ccc(C(C)(C)C(C)(C)C)cc4-c4ccccc4)c3)c2)cc1. The van der Waals surface area contributed by atoms with E-state index in [0.29, 0.717) is 11.4 Å². The lowest BCUT2D eigenvalue weighted by Crippen LogP contribution is -2.34. The minimum Gasteiger partial charge on any atom is -0.507 e. The molecule has 9 rings (SSSR count). The van der Waals surface area contributed by atoms with Crippen molar-refractivity contribution in [1.82, 2.24) is 14.5 Å². The van der Waals surface area contributed by atoms with Crippen molar-refractivity contribution in [2.45, 2.75) is 59.8 Å². The van der Waals surface area contributed by atoms with Gasteiger partial charge in [-0.3, -0.25) is 9.55 Å². The Labute approximate surface area is 367 Å². The first kappa shape index (κ1) is 39.1. The van der Waals surface area contributed by atoms with Crippen molar-refractivity contribution in [3.05, 3.63) is 193 Å². The van der Waals surface area contributed by atoms with Gasteiger partial charge in [0.2, 0.25) is 0 Å². The Bertz CT molecular complexity index is 3100. The number of phenols is 1. The molecule has 4 nitrogen and oxygen atoms in total. The van der Waals surface area contributed by atoms with Crippen molar-refractivity contribution >= 4 is 11.0 Å². The summed E-state index contributed by atoms with van der Waals surface area (Å²) in [5.74, 6) is 0.152. The molecule has 0 unspecified atom stereocenters. The Balaban J connectivity index is 1.28. The van der Waals surface area contributed by atoms with Gasteiger partial charge in [0, 0.05) is 24.3 Å². The number of fused-ring (bicyclic) bond motifs is 1. The lowest BCUT2D eigenvalue weighted by atomic mass is 9.65. The third-order valence-corrected chi connectivity index (χ3v) is 13.0. The topological polar surface area (TPSA) is 50.9 Å². The minimum absolute atomic E-state index is 0.00942. The van der Waals surface area contributed by atoms with Crippen LogP contribution in [0.5, 0.6) is 5.75 Å². The van der Waals surface area contributed by atoms with Gasteiger partial charge in [-0.2, -0.15) is 0 Å². The zero-order valence-electron chi connectivity index (χ0n) is 37.6. The molecule has 0 saturated heterocycles. The number of aromatic hydroxyl groups is 1. The first-order valence-electron chi connectivity index (χ1n) is 22.0. The number of rotatable bonds is 9. The monoisotopic (exact) mass is 808 g/mol. The van der Waals surface area contributed by atoms with E-state index in [1.165, 1.54) is 5.56 Å². The van der Waals surface area contributed by atoms with Crippen LogP contribution in [0.3, 0.4) is 0 Å². The molecule has 0 aliphatic heterocycles. The van der Waals surface area contributed by atoms with E-state index in [2.05, 4.69) is 167 Å². The molecule has 0 bridgehead atoms. The molecule has 0 spiro atoms. The molecule has 0 atom stereocenters. The normalized spacial score (nSPS) is 12.4. The van der Waals surface area contributed by atoms with Gasteiger partial charge < -0.3 is 5.11 Å². The number of imidazole rings is 1. The molecule has 2 aromatic heterocycles. The number of nitrogens with zero attached hydrogens (tertiary/aromatic N) is 3. The fourth-order valence-electron chi connectivity index (χ4n) is 8.31. The summed E-state index contributed by atoms with van der Waals surface area (Å²) in [5.41, 5.74) is 15.8. The van der Waals surface area contributed by atoms with Crippen molar-refractivity contribution in [2.75, 3.05) is 0 Å². The summed E-state index contributed by atoms with van der Waals surface area (Å²) >= 11 is 0. The van der Waals surface area contributed by atoms with Crippen molar-refractivity contribution in [2.24, 2.45) is 5.41 Å². The standard InChI is InChI=1S/C58H53N3O/c1-38(2)39-25-27-41(28-26-39)43-31-32-59-51(36-43)46-34-44(40-17-10-8-11-18-40)33-45(35-46)48-22-16-23-53-55(48)60-56(49-21-14-15-24-54(49)62)61(53)52-30-29-47(58(6,7)57(3,4)5)37-50(52)42-19-12-9-13-20-42/h8-38,62H,1-7H3/i38D. The van der Waals surface area contributed by atoms with Gasteiger partial charge in [0.05, 0.1) is 28.0 Å². The Morgan fingerprint density at radius 2 is 1.16 bits per heavy atom. The summed E-state index contributed by atoms with van der Waals surface area (Å²) in [7, 11) is 0. The largest absolute Gasteiger partial charge is 0.507 e. The molecular weight excluding hydrogens is 755 g/mol. The number of pyridine rings is 1. The van der Waals surface area contributed by atoms with E-state index in [1.807, 2.05) is 62.5 Å². The molecule has 4 heteroatoms. The average molecular weight is 809 g/mol. The zero-order valence-corrected chi connectivity index (χ0v) is 36.6. The molecule has 1 N–H and O–H groups in total. The maximum atomic E-state index is 11.5. The third kappa shape index (κ3) is 7.51. The number of para-hydroxylation sites is 2. The number of hydrogen-bond acceptors (Lipinski definition) is 3. The quantitative estimate of drug-likeness (QED) is 0.158. The maximum absolute atomic E-state index is 11.5. The van der Waals surface area contributed by atoms with Crippen LogP contribution in [0.2, 0.25) is 0 Å². The predicted octanol–water partition coefficient (Wildman–Crippen LogP) is 15.6. The summed E-state index contributed by atoms with van der Waals surface area (Å²) in [6, 6.07) is 60.9. The van der Waals surface area contributed by atoms with Crippen LogP contribution in [0.4, 0.5) is 0 Å². The lowest BCUT2D eigenvalue weighted by Gasteiger charge is -2.40. The van der Waals surface area contributed by atoms with Gasteiger partial charge in [-0.15, -0.1) is 0 Å². The van der Waals surface area contributed by atoms with E-state index in [9.17, 15) is 5.11 Å². The van der Waals surface area contributed by atoms with Crippen LogP contribution in [-0.4, -0.2) is 19.6 Å². The minimum atomic E-state index is -0.671. The van der Waals surface area contributed by atoms with Crippen LogP contribution in [0.1, 0.15) is 66.9 Å². The molecule has 2 heterocycles. The van der Waals surface area contributed by atoms with E-state index in [-0.39, 0.29) is 16.6 Å². The van der Waals surface area contributed by atoms with Gasteiger partial charge in [-0.25, -0.2) is 4.98 Å². The molecule has 0 radical (unpaired) electrons. The summed E-state index contributed by atoms with van der Waals surface area (Å²) in [6.45, 7) is 15.4. The second-order valence-electron chi connectivity index (χ2n) is 18.1. The third-order valence-electron chi connectivity index (χ3n) is 13.0. The van der Waals surface area contributed by atoms with Gasteiger partial charge in [0.25, 0.3) is 0 Å². The van der Waals surface area contributed by atoms with Gasteiger partial charge >= 0.3 is 0 Å². The molecule has 62 heavy (non-hydrogen) atoms. The van der Waals surface area contributed by atoms with E-state index in [1.54, 1.807) is 6.07 Å². The molecule has 0 aliphatic rings. The molecule has 0 amide bonds. The Hall–Kier alpha value is -7.04. The van der Waals surface area contributed by atoms with Gasteiger partial charge in [0.1, 0.15) is 11.6 Å². The van der Waals surface area contributed by atoms with E-state index in [4.69, 9.17) is 11.3 Å². The lowest BCUT2D eigenvalue weighted by molar-refractivity contribution is 0.225. The van der Waals surface area contributed by atoms with Crippen LogP contribution in [0.25, 0.3) is 83.9 Å². The highest BCUT2D eigenvalue weighted by atomic mass is 16.3. The number of hydrogen-bond donors (Lipinski definition) is 1. The summed E-state index contributed by atoms with van der Waals surface area (Å²) in [6.07, 6.45) is 1.88. The summed E-state index contributed by atoms with van der Waals surface area (Å²) in [4.78, 5) is 10.4. The van der Waals surface area contributed by atoms with E-state index in [0.717, 1.165) is 78.0 Å². The van der Waals surface area contributed by atoms with Crippen LogP contribution in [0.15, 0.2) is 182 Å².